The van der Waals surface area contributed by atoms with E-state index in [-0.39, 0.29) is 17.0 Å². The summed E-state index contributed by atoms with van der Waals surface area (Å²) in [5.74, 6) is -0.466. The van der Waals surface area contributed by atoms with Gasteiger partial charge in [0.1, 0.15) is 5.75 Å². The van der Waals surface area contributed by atoms with E-state index in [4.69, 9.17) is 10.5 Å². The monoisotopic (exact) mass is 254 g/mol. The predicted octanol–water partition coefficient (Wildman–Crippen LogP) is 0.901. The molecule has 3 N–H and O–H groups in total. The molecule has 0 radical (unpaired) electrons. The summed E-state index contributed by atoms with van der Waals surface area (Å²) in [5, 5.41) is 20.2. The number of carbonyl (C=O) groups excluding carboxylic acids is 1. The molecule has 1 aromatic carbocycles. The molecule has 0 spiro atoms. The van der Waals surface area contributed by atoms with Crippen LogP contribution in [0.15, 0.2) is 18.2 Å². The van der Waals surface area contributed by atoms with E-state index in [1.807, 2.05) is 0 Å². The van der Waals surface area contributed by atoms with Gasteiger partial charge in [-0.25, -0.2) is 0 Å². The van der Waals surface area contributed by atoms with Gasteiger partial charge in [-0.05, 0) is 19.9 Å². The summed E-state index contributed by atoms with van der Waals surface area (Å²) in [4.78, 5) is 20.9. The standard InChI is InChI=1S/C11H14N2O5/c1-6(14)9-5-8(13(16)17)3-4-10(9)18-7(2)11(12)15/h3-7,14H,1-2H3,(H2,12,15)/t6-,7?/m1/s1. The van der Waals surface area contributed by atoms with Crippen molar-refractivity contribution in [2.24, 2.45) is 5.73 Å². The average Bonchev–Trinajstić information content (AvgIpc) is 2.28. The fraction of sp³-hybridized carbons (Fsp3) is 0.364. The summed E-state index contributed by atoms with van der Waals surface area (Å²) in [6, 6.07) is 3.77. The topological polar surface area (TPSA) is 116 Å². The van der Waals surface area contributed by atoms with Crippen molar-refractivity contribution in [1.29, 1.82) is 0 Å². The number of nitro groups is 1. The van der Waals surface area contributed by atoms with Crippen molar-refractivity contribution in [3.05, 3.63) is 33.9 Å². The van der Waals surface area contributed by atoms with Crippen LogP contribution in [-0.4, -0.2) is 22.0 Å². The first-order valence-electron chi connectivity index (χ1n) is 5.25. The number of amides is 1. The van der Waals surface area contributed by atoms with Crippen molar-refractivity contribution in [3.63, 3.8) is 0 Å². The number of primary amides is 1. The highest BCUT2D eigenvalue weighted by Gasteiger charge is 2.18. The minimum atomic E-state index is -0.958. The fourth-order valence-electron chi connectivity index (χ4n) is 1.33. The third kappa shape index (κ3) is 3.17. The van der Waals surface area contributed by atoms with Crippen molar-refractivity contribution < 1.29 is 19.6 Å². The largest absolute Gasteiger partial charge is 0.481 e. The van der Waals surface area contributed by atoms with Crippen LogP contribution in [0.5, 0.6) is 5.75 Å². The fourth-order valence-corrected chi connectivity index (χ4v) is 1.33. The van der Waals surface area contributed by atoms with Crippen LogP contribution in [0, 0.1) is 10.1 Å². The molecule has 7 heteroatoms. The van der Waals surface area contributed by atoms with Gasteiger partial charge in [0.05, 0.1) is 11.0 Å². The van der Waals surface area contributed by atoms with Gasteiger partial charge in [-0.1, -0.05) is 0 Å². The third-order valence-electron chi connectivity index (χ3n) is 2.36. The lowest BCUT2D eigenvalue weighted by atomic mass is 10.1. The van der Waals surface area contributed by atoms with E-state index in [1.54, 1.807) is 0 Å². The lowest BCUT2D eigenvalue weighted by Crippen LogP contribution is -2.31. The molecule has 98 valence electrons. The van der Waals surface area contributed by atoms with E-state index >= 15 is 0 Å². The number of non-ortho nitro benzene ring substituents is 1. The molecule has 1 amide bonds. The summed E-state index contributed by atoms with van der Waals surface area (Å²) in [7, 11) is 0. The zero-order valence-corrected chi connectivity index (χ0v) is 9.99. The SMILES string of the molecule is CC(Oc1ccc([N+](=O)[O-])cc1[C@@H](C)O)C(N)=O. The first kappa shape index (κ1) is 13.9. The van der Waals surface area contributed by atoms with E-state index in [1.165, 1.54) is 32.0 Å². The van der Waals surface area contributed by atoms with Crippen LogP contribution in [0.2, 0.25) is 0 Å². The smallest absolute Gasteiger partial charge is 0.270 e. The normalized spacial score (nSPS) is 13.7. The molecule has 0 saturated carbocycles. The molecule has 0 heterocycles. The number of carbonyl (C=O) groups is 1. The highest BCUT2D eigenvalue weighted by molar-refractivity contribution is 5.78. The Labute approximate surface area is 103 Å². The minimum absolute atomic E-state index is 0.162. The Morgan fingerprint density at radius 1 is 1.50 bits per heavy atom. The highest BCUT2D eigenvalue weighted by Crippen LogP contribution is 2.29. The molecule has 18 heavy (non-hydrogen) atoms. The summed E-state index contributed by atoms with van der Waals surface area (Å²) < 4.78 is 5.25. The molecule has 2 atom stereocenters. The number of aliphatic hydroxyl groups excluding tert-OH is 1. The Bertz CT molecular complexity index is 473. The number of nitrogens with zero attached hydrogens (tertiary/aromatic N) is 1. The van der Waals surface area contributed by atoms with Gasteiger partial charge < -0.3 is 15.6 Å². The Morgan fingerprint density at radius 2 is 2.11 bits per heavy atom. The maximum Gasteiger partial charge on any atom is 0.270 e. The van der Waals surface area contributed by atoms with Gasteiger partial charge in [0.2, 0.25) is 0 Å². The summed E-state index contributed by atoms with van der Waals surface area (Å²) >= 11 is 0. The maximum atomic E-state index is 10.9. The first-order chi connectivity index (χ1) is 8.32. The molecule has 0 aromatic heterocycles. The van der Waals surface area contributed by atoms with Crippen LogP contribution in [0.1, 0.15) is 25.5 Å². The predicted molar refractivity (Wildman–Crippen MR) is 63.0 cm³/mol. The molecule has 0 aliphatic carbocycles. The zero-order chi connectivity index (χ0) is 13.9. The molecule has 0 bridgehead atoms. The van der Waals surface area contributed by atoms with E-state index in [0.29, 0.717) is 0 Å². The Balaban J connectivity index is 3.11. The second kappa shape index (κ2) is 5.46. The average molecular weight is 254 g/mol. The number of benzene rings is 1. The van der Waals surface area contributed by atoms with Crippen LogP contribution >= 0.6 is 0 Å². The van der Waals surface area contributed by atoms with Crippen LogP contribution in [0.3, 0.4) is 0 Å². The number of rotatable bonds is 5. The van der Waals surface area contributed by atoms with Crippen LogP contribution in [0.4, 0.5) is 5.69 Å². The van der Waals surface area contributed by atoms with Gasteiger partial charge in [0.25, 0.3) is 11.6 Å². The second-order valence-corrected chi connectivity index (χ2v) is 3.82. The lowest BCUT2D eigenvalue weighted by Gasteiger charge is -2.16. The number of hydrogen-bond donors (Lipinski definition) is 2. The van der Waals surface area contributed by atoms with Crippen LogP contribution in [-0.2, 0) is 4.79 Å². The molecule has 1 rings (SSSR count). The highest BCUT2D eigenvalue weighted by atomic mass is 16.6. The number of hydrogen-bond acceptors (Lipinski definition) is 5. The number of aliphatic hydroxyl groups is 1. The third-order valence-corrected chi connectivity index (χ3v) is 2.36. The molecule has 1 unspecified atom stereocenters. The summed E-state index contributed by atoms with van der Waals surface area (Å²) in [6.45, 7) is 2.90. The van der Waals surface area contributed by atoms with E-state index in [9.17, 15) is 20.0 Å². The van der Waals surface area contributed by atoms with Crippen molar-refractivity contribution in [2.45, 2.75) is 26.1 Å². The molecule has 1 aromatic rings. The molecule has 0 fully saturated rings. The molecule has 0 saturated heterocycles. The number of nitrogens with two attached hydrogens (primary N) is 1. The number of ether oxygens (including phenoxy) is 1. The van der Waals surface area contributed by atoms with Gasteiger partial charge >= 0.3 is 0 Å². The van der Waals surface area contributed by atoms with Gasteiger partial charge in [0, 0.05) is 17.7 Å². The molecule has 0 aliphatic heterocycles. The number of nitro benzene ring substituents is 1. The summed E-state index contributed by atoms with van der Waals surface area (Å²) in [5.41, 5.74) is 5.13. The molecular formula is C11H14N2O5. The van der Waals surface area contributed by atoms with Crippen molar-refractivity contribution >= 4 is 11.6 Å². The molecule has 7 nitrogen and oxygen atoms in total. The Morgan fingerprint density at radius 3 is 2.56 bits per heavy atom. The molecule has 0 aliphatic rings. The van der Waals surface area contributed by atoms with Gasteiger partial charge in [0.15, 0.2) is 6.10 Å². The first-order valence-corrected chi connectivity index (χ1v) is 5.25. The molecular weight excluding hydrogens is 240 g/mol. The van der Waals surface area contributed by atoms with E-state index in [0.717, 1.165) is 0 Å². The van der Waals surface area contributed by atoms with Crippen LogP contribution < -0.4 is 10.5 Å². The maximum absolute atomic E-state index is 10.9. The van der Waals surface area contributed by atoms with Gasteiger partial charge in [-0.15, -0.1) is 0 Å². The van der Waals surface area contributed by atoms with Gasteiger partial charge in [-0.3, -0.25) is 14.9 Å². The minimum Gasteiger partial charge on any atom is -0.481 e. The Hall–Kier alpha value is -2.15. The quantitative estimate of drug-likeness (QED) is 0.598. The van der Waals surface area contributed by atoms with Gasteiger partial charge in [-0.2, -0.15) is 0 Å². The summed E-state index contributed by atoms with van der Waals surface area (Å²) in [6.07, 6.45) is -1.84. The Kier molecular flexibility index (Phi) is 4.22. The second-order valence-electron chi connectivity index (χ2n) is 3.82. The van der Waals surface area contributed by atoms with Crippen molar-refractivity contribution in [3.8, 4) is 5.75 Å². The zero-order valence-electron chi connectivity index (χ0n) is 9.99. The van der Waals surface area contributed by atoms with Crippen LogP contribution in [0.25, 0.3) is 0 Å². The van der Waals surface area contributed by atoms with Crippen molar-refractivity contribution in [1.82, 2.24) is 0 Å². The van der Waals surface area contributed by atoms with E-state index < -0.39 is 23.0 Å². The lowest BCUT2D eigenvalue weighted by molar-refractivity contribution is -0.385. The van der Waals surface area contributed by atoms with Crippen molar-refractivity contribution in [2.75, 3.05) is 0 Å². The van der Waals surface area contributed by atoms with E-state index in [2.05, 4.69) is 0 Å².